The lowest BCUT2D eigenvalue weighted by molar-refractivity contribution is 0.0404. The van der Waals surface area contributed by atoms with E-state index in [0.29, 0.717) is 12.2 Å². The molecule has 0 saturated carbocycles. The highest BCUT2D eigenvalue weighted by Gasteiger charge is 2.26. The molecule has 0 radical (unpaired) electrons. The SMILES string of the molecule is CC1CCC(CC(C)(C)N)O1. The minimum Gasteiger partial charge on any atom is -0.375 e. The van der Waals surface area contributed by atoms with E-state index in [2.05, 4.69) is 20.8 Å². The third-order valence-corrected chi connectivity index (χ3v) is 2.07. The Kier molecular flexibility index (Phi) is 2.55. The van der Waals surface area contributed by atoms with Crippen LogP contribution < -0.4 is 5.73 Å². The summed E-state index contributed by atoms with van der Waals surface area (Å²) in [6, 6.07) is 0. The zero-order valence-electron chi connectivity index (χ0n) is 7.76. The molecule has 1 rings (SSSR count). The van der Waals surface area contributed by atoms with Gasteiger partial charge in [-0.2, -0.15) is 0 Å². The van der Waals surface area contributed by atoms with Gasteiger partial charge < -0.3 is 10.5 Å². The molecule has 0 spiro atoms. The van der Waals surface area contributed by atoms with Crippen LogP contribution >= 0.6 is 0 Å². The van der Waals surface area contributed by atoms with Crippen LogP contribution in [0.2, 0.25) is 0 Å². The standard InChI is InChI=1S/C9H19NO/c1-7-4-5-8(11-7)6-9(2,3)10/h7-8H,4-6,10H2,1-3H3. The maximum Gasteiger partial charge on any atom is 0.0597 e. The van der Waals surface area contributed by atoms with Crippen LogP contribution in [0.5, 0.6) is 0 Å². The summed E-state index contributed by atoms with van der Waals surface area (Å²) >= 11 is 0. The zero-order chi connectivity index (χ0) is 8.48. The van der Waals surface area contributed by atoms with E-state index in [9.17, 15) is 0 Å². The predicted octanol–water partition coefficient (Wildman–Crippen LogP) is 1.68. The summed E-state index contributed by atoms with van der Waals surface area (Å²) in [7, 11) is 0. The highest BCUT2D eigenvalue weighted by atomic mass is 16.5. The van der Waals surface area contributed by atoms with Crippen molar-refractivity contribution in [1.29, 1.82) is 0 Å². The maximum absolute atomic E-state index is 5.88. The number of hydrogen-bond acceptors (Lipinski definition) is 2. The van der Waals surface area contributed by atoms with Crippen molar-refractivity contribution >= 4 is 0 Å². The molecule has 1 fully saturated rings. The fourth-order valence-corrected chi connectivity index (χ4v) is 1.62. The van der Waals surface area contributed by atoms with Crippen molar-refractivity contribution in [2.45, 2.75) is 57.8 Å². The van der Waals surface area contributed by atoms with Gasteiger partial charge in [-0.05, 0) is 40.0 Å². The predicted molar refractivity (Wildman–Crippen MR) is 46.5 cm³/mol. The van der Waals surface area contributed by atoms with Crippen molar-refractivity contribution in [2.75, 3.05) is 0 Å². The molecule has 1 saturated heterocycles. The van der Waals surface area contributed by atoms with E-state index >= 15 is 0 Å². The van der Waals surface area contributed by atoms with Crippen molar-refractivity contribution in [2.24, 2.45) is 5.73 Å². The Labute approximate surface area is 69.1 Å². The van der Waals surface area contributed by atoms with Crippen LogP contribution in [0.1, 0.15) is 40.0 Å². The molecule has 2 heteroatoms. The summed E-state index contributed by atoms with van der Waals surface area (Å²) in [5.41, 5.74) is 5.81. The lowest BCUT2D eigenvalue weighted by Crippen LogP contribution is -2.36. The van der Waals surface area contributed by atoms with Crippen molar-refractivity contribution in [3.05, 3.63) is 0 Å². The molecule has 1 aliphatic heterocycles. The monoisotopic (exact) mass is 157 g/mol. The number of nitrogens with two attached hydrogens (primary N) is 1. The van der Waals surface area contributed by atoms with Crippen LogP contribution in [0.3, 0.4) is 0 Å². The first kappa shape index (κ1) is 9.01. The van der Waals surface area contributed by atoms with E-state index in [0.717, 1.165) is 6.42 Å². The van der Waals surface area contributed by atoms with E-state index < -0.39 is 0 Å². The van der Waals surface area contributed by atoms with Crippen LogP contribution in [-0.4, -0.2) is 17.7 Å². The van der Waals surface area contributed by atoms with E-state index in [-0.39, 0.29) is 5.54 Å². The Morgan fingerprint density at radius 1 is 1.45 bits per heavy atom. The average molecular weight is 157 g/mol. The largest absolute Gasteiger partial charge is 0.375 e. The van der Waals surface area contributed by atoms with Gasteiger partial charge in [0.15, 0.2) is 0 Å². The highest BCUT2D eigenvalue weighted by molar-refractivity contribution is 4.80. The van der Waals surface area contributed by atoms with E-state index in [1.807, 2.05) is 0 Å². The summed E-state index contributed by atoms with van der Waals surface area (Å²) in [5, 5.41) is 0. The van der Waals surface area contributed by atoms with Gasteiger partial charge in [-0.3, -0.25) is 0 Å². The molecule has 1 aliphatic rings. The molecule has 0 aromatic rings. The van der Waals surface area contributed by atoms with Crippen molar-refractivity contribution in [3.8, 4) is 0 Å². The molecule has 1 heterocycles. The second-order valence-electron chi connectivity index (χ2n) is 4.34. The van der Waals surface area contributed by atoms with Crippen LogP contribution in [0, 0.1) is 0 Å². The average Bonchev–Trinajstić information content (AvgIpc) is 2.10. The quantitative estimate of drug-likeness (QED) is 0.662. The molecule has 0 amide bonds. The van der Waals surface area contributed by atoms with Crippen molar-refractivity contribution in [1.82, 2.24) is 0 Å². The first-order valence-electron chi connectivity index (χ1n) is 4.42. The third-order valence-electron chi connectivity index (χ3n) is 2.07. The van der Waals surface area contributed by atoms with Gasteiger partial charge in [-0.25, -0.2) is 0 Å². The molecule has 2 unspecified atom stereocenters. The Hall–Kier alpha value is -0.0800. The molecule has 2 atom stereocenters. The summed E-state index contributed by atoms with van der Waals surface area (Å²) in [5.74, 6) is 0. The molecule has 2 N–H and O–H groups in total. The molecule has 11 heavy (non-hydrogen) atoms. The van der Waals surface area contributed by atoms with Crippen LogP contribution in [0.15, 0.2) is 0 Å². The van der Waals surface area contributed by atoms with Gasteiger partial charge in [-0.15, -0.1) is 0 Å². The van der Waals surface area contributed by atoms with Gasteiger partial charge >= 0.3 is 0 Å². The second kappa shape index (κ2) is 3.11. The first-order valence-corrected chi connectivity index (χ1v) is 4.42. The van der Waals surface area contributed by atoms with Crippen LogP contribution in [0.25, 0.3) is 0 Å². The molecule has 2 nitrogen and oxygen atoms in total. The Morgan fingerprint density at radius 2 is 2.09 bits per heavy atom. The van der Waals surface area contributed by atoms with Gasteiger partial charge in [0.1, 0.15) is 0 Å². The molecule has 66 valence electrons. The number of ether oxygens (including phenoxy) is 1. The van der Waals surface area contributed by atoms with Gasteiger partial charge in [0.25, 0.3) is 0 Å². The summed E-state index contributed by atoms with van der Waals surface area (Å²) < 4.78 is 5.66. The van der Waals surface area contributed by atoms with Gasteiger partial charge in [-0.1, -0.05) is 0 Å². The Morgan fingerprint density at radius 3 is 2.45 bits per heavy atom. The molecular formula is C9H19NO. The van der Waals surface area contributed by atoms with Crippen molar-refractivity contribution in [3.63, 3.8) is 0 Å². The molecule has 0 aromatic carbocycles. The molecular weight excluding hydrogens is 138 g/mol. The van der Waals surface area contributed by atoms with E-state index in [4.69, 9.17) is 10.5 Å². The van der Waals surface area contributed by atoms with Gasteiger partial charge in [0, 0.05) is 5.54 Å². The summed E-state index contributed by atoms with van der Waals surface area (Å²) in [6.07, 6.45) is 4.22. The Balaban J connectivity index is 2.29. The van der Waals surface area contributed by atoms with Gasteiger partial charge in [0.05, 0.1) is 12.2 Å². The normalized spacial score (nSPS) is 32.7. The lowest BCUT2D eigenvalue weighted by atomic mass is 9.97. The summed E-state index contributed by atoms with van der Waals surface area (Å²) in [4.78, 5) is 0. The van der Waals surface area contributed by atoms with Crippen LogP contribution in [-0.2, 0) is 4.74 Å². The minimum atomic E-state index is -0.0747. The number of hydrogen-bond donors (Lipinski definition) is 1. The Bertz CT molecular complexity index is 128. The maximum atomic E-state index is 5.88. The smallest absolute Gasteiger partial charge is 0.0597 e. The topological polar surface area (TPSA) is 35.2 Å². The molecule has 0 aromatic heterocycles. The summed E-state index contributed by atoms with van der Waals surface area (Å²) in [6.45, 7) is 6.24. The fourth-order valence-electron chi connectivity index (χ4n) is 1.62. The second-order valence-corrected chi connectivity index (χ2v) is 4.34. The highest BCUT2D eigenvalue weighted by Crippen LogP contribution is 2.24. The third kappa shape index (κ3) is 3.21. The molecule has 0 aliphatic carbocycles. The lowest BCUT2D eigenvalue weighted by Gasteiger charge is -2.22. The fraction of sp³-hybridized carbons (Fsp3) is 1.00. The first-order chi connectivity index (χ1) is 4.97. The molecule has 0 bridgehead atoms. The van der Waals surface area contributed by atoms with Gasteiger partial charge in [0.2, 0.25) is 0 Å². The van der Waals surface area contributed by atoms with E-state index in [1.54, 1.807) is 0 Å². The minimum absolute atomic E-state index is 0.0747. The zero-order valence-corrected chi connectivity index (χ0v) is 7.76. The van der Waals surface area contributed by atoms with Crippen LogP contribution in [0.4, 0.5) is 0 Å². The van der Waals surface area contributed by atoms with Crippen molar-refractivity contribution < 1.29 is 4.74 Å². The van der Waals surface area contributed by atoms with E-state index in [1.165, 1.54) is 12.8 Å². The number of rotatable bonds is 2.